The lowest BCUT2D eigenvalue weighted by atomic mass is 9.84. The third-order valence-electron chi connectivity index (χ3n) is 5.46. The Kier molecular flexibility index (Phi) is 8.27. The summed E-state index contributed by atoms with van der Waals surface area (Å²) in [5.74, 6) is -0.0508. The lowest BCUT2D eigenvalue weighted by molar-refractivity contribution is -0.453. The molecule has 6 nitrogen and oxygen atoms in total. The van der Waals surface area contributed by atoms with Gasteiger partial charge in [-0.2, -0.15) is 0 Å². The summed E-state index contributed by atoms with van der Waals surface area (Å²) in [6.45, 7) is 2.19. The zero-order valence-electron chi connectivity index (χ0n) is 17.3. The lowest BCUT2D eigenvalue weighted by Crippen LogP contribution is -2.25. The van der Waals surface area contributed by atoms with E-state index < -0.39 is 12.1 Å². The summed E-state index contributed by atoms with van der Waals surface area (Å²) in [5, 5.41) is 4.32. The quantitative estimate of drug-likeness (QED) is 0.289. The maximum atomic E-state index is 12.0. The Bertz CT molecular complexity index is 794. The van der Waals surface area contributed by atoms with Crippen LogP contribution in [0.4, 0.5) is 4.79 Å². The molecule has 160 valence electrons. The van der Waals surface area contributed by atoms with Crippen molar-refractivity contribution < 1.29 is 29.1 Å². The second-order valence-electron chi connectivity index (χ2n) is 7.62. The van der Waals surface area contributed by atoms with E-state index in [1.54, 1.807) is 24.3 Å². The van der Waals surface area contributed by atoms with Crippen molar-refractivity contribution in [2.75, 3.05) is 0 Å². The van der Waals surface area contributed by atoms with Gasteiger partial charge in [-0.25, -0.2) is 14.5 Å². The fourth-order valence-corrected chi connectivity index (χ4v) is 3.74. The minimum atomic E-state index is -1.00. The van der Waals surface area contributed by atoms with E-state index in [1.165, 1.54) is 19.3 Å². The van der Waals surface area contributed by atoms with Crippen molar-refractivity contribution in [1.82, 2.24) is 0 Å². The van der Waals surface area contributed by atoms with E-state index in [-0.39, 0.29) is 11.7 Å². The molecule has 0 atom stereocenters. The molecule has 0 saturated heterocycles. The topological polar surface area (TPSA) is 71.1 Å². The number of ether oxygens (including phenoxy) is 1. The first kappa shape index (κ1) is 21.8. The van der Waals surface area contributed by atoms with Crippen LogP contribution < -0.4 is 0 Å². The molecule has 0 aromatic heterocycles. The Balaban J connectivity index is 1.36. The normalized spacial score (nSPS) is 18.4. The van der Waals surface area contributed by atoms with Gasteiger partial charge in [-0.1, -0.05) is 68.7 Å². The van der Waals surface area contributed by atoms with Gasteiger partial charge < -0.3 is 4.74 Å². The molecule has 6 heteroatoms. The van der Waals surface area contributed by atoms with Crippen LogP contribution in [0, 0.1) is 5.92 Å². The predicted molar refractivity (Wildman–Crippen MR) is 111 cm³/mol. The van der Waals surface area contributed by atoms with Crippen LogP contribution in [0.15, 0.2) is 54.6 Å². The minimum absolute atomic E-state index is 0.180. The fraction of sp³-hybridized carbons (Fsp3) is 0.417. The Labute approximate surface area is 176 Å². The standard InChI is InChI=1S/C24H28O6/c1-2-3-7-18-10-16-22(17-11-18)27-24(26)29-30-28-23(25)21-14-12-20(13-15-21)19-8-5-4-6-9-19/h4-6,8-9,12-15,18,22H,2-3,7,10-11,16-17H2,1H3. The molecule has 3 rings (SSSR count). The third kappa shape index (κ3) is 6.59. The Morgan fingerprint density at radius 1 is 0.867 bits per heavy atom. The average Bonchev–Trinajstić information content (AvgIpc) is 2.79. The lowest BCUT2D eigenvalue weighted by Gasteiger charge is -2.27. The molecule has 0 N–H and O–H groups in total. The summed E-state index contributed by atoms with van der Waals surface area (Å²) < 4.78 is 5.22. The molecule has 0 amide bonds. The van der Waals surface area contributed by atoms with Crippen LogP contribution in [0.2, 0.25) is 0 Å². The van der Waals surface area contributed by atoms with E-state index in [9.17, 15) is 9.59 Å². The van der Waals surface area contributed by atoms with Gasteiger partial charge in [0.05, 0.1) is 10.6 Å². The van der Waals surface area contributed by atoms with Crippen LogP contribution in [0.5, 0.6) is 0 Å². The molecule has 2 aromatic carbocycles. The molecule has 1 saturated carbocycles. The Hall–Kier alpha value is -2.86. The van der Waals surface area contributed by atoms with E-state index >= 15 is 0 Å². The molecule has 0 radical (unpaired) electrons. The first-order valence-corrected chi connectivity index (χ1v) is 10.6. The molecule has 1 aliphatic carbocycles. The van der Waals surface area contributed by atoms with Gasteiger partial charge in [-0.05, 0) is 54.9 Å². The number of carbonyl (C=O) groups excluding carboxylic acids is 2. The van der Waals surface area contributed by atoms with Gasteiger partial charge in [0, 0.05) is 0 Å². The van der Waals surface area contributed by atoms with Crippen LogP contribution in [-0.4, -0.2) is 18.2 Å². The Morgan fingerprint density at radius 2 is 1.53 bits per heavy atom. The van der Waals surface area contributed by atoms with E-state index in [2.05, 4.69) is 21.7 Å². The molecule has 0 aliphatic heterocycles. The SMILES string of the molecule is CCCCC1CCC(OC(=O)OOOC(=O)c2ccc(-c3ccccc3)cc2)CC1. The van der Waals surface area contributed by atoms with Crippen molar-refractivity contribution in [2.24, 2.45) is 5.92 Å². The number of hydrogen-bond donors (Lipinski definition) is 0. The second kappa shape index (κ2) is 11.4. The molecule has 30 heavy (non-hydrogen) atoms. The van der Waals surface area contributed by atoms with Crippen LogP contribution in [0.1, 0.15) is 62.2 Å². The number of rotatable bonds is 8. The van der Waals surface area contributed by atoms with Gasteiger partial charge in [-0.3, -0.25) is 4.89 Å². The van der Waals surface area contributed by atoms with Crippen LogP contribution >= 0.6 is 0 Å². The van der Waals surface area contributed by atoms with E-state index in [0.717, 1.165) is 36.8 Å². The van der Waals surface area contributed by atoms with Crippen molar-refractivity contribution in [1.29, 1.82) is 0 Å². The molecule has 0 spiro atoms. The van der Waals surface area contributed by atoms with Gasteiger partial charge in [-0.15, -0.1) is 0 Å². The zero-order valence-corrected chi connectivity index (χ0v) is 17.3. The number of benzene rings is 2. The average molecular weight is 412 g/mol. The van der Waals surface area contributed by atoms with Gasteiger partial charge in [0.1, 0.15) is 6.10 Å². The number of unbranched alkanes of at least 4 members (excludes halogenated alkanes) is 1. The molecular weight excluding hydrogens is 384 g/mol. The van der Waals surface area contributed by atoms with Crippen molar-refractivity contribution in [3.63, 3.8) is 0 Å². The largest absolute Gasteiger partial charge is 0.543 e. The van der Waals surface area contributed by atoms with Crippen LogP contribution in [0.25, 0.3) is 11.1 Å². The highest BCUT2D eigenvalue weighted by atomic mass is 17.5. The molecule has 0 bridgehead atoms. The highest BCUT2D eigenvalue weighted by Gasteiger charge is 2.25. The summed E-state index contributed by atoms with van der Waals surface area (Å²) >= 11 is 0. The van der Waals surface area contributed by atoms with Crippen LogP contribution in [0.3, 0.4) is 0 Å². The maximum absolute atomic E-state index is 12.0. The summed E-state index contributed by atoms with van der Waals surface area (Å²) in [7, 11) is 0. The van der Waals surface area contributed by atoms with Crippen molar-refractivity contribution in [2.45, 2.75) is 58.0 Å². The zero-order chi connectivity index (χ0) is 21.2. The van der Waals surface area contributed by atoms with Gasteiger partial charge in [0.15, 0.2) is 0 Å². The first-order valence-electron chi connectivity index (χ1n) is 10.6. The van der Waals surface area contributed by atoms with Crippen LogP contribution in [-0.2, 0) is 19.6 Å². The smallest absolute Gasteiger partial charge is 0.429 e. The summed E-state index contributed by atoms with van der Waals surface area (Å²) in [6, 6.07) is 16.6. The highest BCUT2D eigenvalue weighted by molar-refractivity contribution is 5.89. The molecule has 0 heterocycles. The molecule has 1 aliphatic rings. The number of hydrogen-bond acceptors (Lipinski definition) is 6. The van der Waals surface area contributed by atoms with E-state index in [0.29, 0.717) is 5.92 Å². The van der Waals surface area contributed by atoms with E-state index in [4.69, 9.17) is 4.74 Å². The third-order valence-corrected chi connectivity index (χ3v) is 5.46. The summed E-state index contributed by atoms with van der Waals surface area (Å²) in [5.41, 5.74) is 2.29. The second-order valence-corrected chi connectivity index (χ2v) is 7.62. The van der Waals surface area contributed by atoms with Gasteiger partial charge in [0.25, 0.3) is 0 Å². The first-order chi connectivity index (χ1) is 14.7. The Morgan fingerprint density at radius 3 is 2.20 bits per heavy atom. The molecule has 2 aromatic rings. The van der Waals surface area contributed by atoms with Crippen molar-refractivity contribution >= 4 is 12.1 Å². The summed E-state index contributed by atoms with van der Waals surface area (Å²) in [4.78, 5) is 32.7. The summed E-state index contributed by atoms with van der Waals surface area (Å²) in [6.07, 6.45) is 6.23. The van der Waals surface area contributed by atoms with Gasteiger partial charge in [0.2, 0.25) is 0 Å². The fourth-order valence-electron chi connectivity index (χ4n) is 3.74. The predicted octanol–water partition coefficient (Wildman–Crippen LogP) is 6.26. The van der Waals surface area contributed by atoms with E-state index in [1.807, 2.05) is 30.3 Å². The maximum Gasteiger partial charge on any atom is 0.543 e. The minimum Gasteiger partial charge on any atom is -0.429 e. The van der Waals surface area contributed by atoms with Gasteiger partial charge >= 0.3 is 12.1 Å². The number of carbonyl (C=O) groups is 2. The van der Waals surface area contributed by atoms with Crippen molar-refractivity contribution in [3.8, 4) is 11.1 Å². The monoisotopic (exact) mass is 412 g/mol. The molecule has 1 fully saturated rings. The highest BCUT2D eigenvalue weighted by Crippen LogP contribution is 2.30. The van der Waals surface area contributed by atoms with Crippen molar-refractivity contribution in [3.05, 3.63) is 60.2 Å². The molecular formula is C24H28O6. The molecule has 0 unspecified atom stereocenters.